The Labute approximate surface area is 113 Å². The molecule has 0 aromatic rings. The molecule has 0 unspecified atom stereocenters. The number of hydrogen-bond donors (Lipinski definition) is 0. The van der Waals surface area contributed by atoms with Gasteiger partial charge >= 0.3 is 0 Å². The molecule has 18 heavy (non-hydrogen) atoms. The molecule has 0 saturated carbocycles. The summed E-state index contributed by atoms with van der Waals surface area (Å²) in [6, 6.07) is 0. The summed E-state index contributed by atoms with van der Waals surface area (Å²) in [7, 11) is 0. The van der Waals surface area contributed by atoms with Gasteiger partial charge in [-0.2, -0.15) is 0 Å². The Morgan fingerprint density at radius 2 is 1.33 bits per heavy atom. The van der Waals surface area contributed by atoms with Gasteiger partial charge in [0.1, 0.15) is 0 Å². The molecular formula is C16H30O2. The first-order valence-corrected chi connectivity index (χ1v) is 7.37. The summed E-state index contributed by atoms with van der Waals surface area (Å²) in [6.07, 6.45) is 16.0. The van der Waals surface area contributed by atoms with E-state index in [1.807, 2.05) is 13.8 Å². The van der Waals surface area contributed by atoms with Crippen molar-refractivity contribution in [3.8, 4) is 0 Å². The minimum atomic E-state index is 0.817. The molecule has 0 spiro atoms. The van der Waals surface area contributed by atoms with Gasteiger partial charge in [0.15, 0.2) is 0 Å². The summed E-state index contributed by atoms with van der Waals surface area (Å²) in [6.45, 7) is 7.50. The van der Waals surface area contributed by atoms with Crippen molar-refractivity contribution in [3.63, 3.8) is 0 Å². The number of rotatable bonds is 13. The SMILES string of the molecule is CCOCC/C=C\C/C=C\CCCCCOCC. The molecule has 0 aliphatic rings. The van der Waals surface area contributed by atoms with Gasteiger partial charge in [0.2, 0.25) is 0 Å². The van der Waals surface area contributed by atoms with Crippen molar-refractivity contribution in [2.75, 3.05) is 26.4 Å². The van der Waals surface area contributed by atoms with Crippen LogP contribution in [0.4, 0.5) is 0 Å². The Kier molecular flexibility index (Phi) is 15.9. The van der Waals surface area contributed by atoms with E-state index in [1.165, 1.54) is 25.7 Å². The third kappa shape index (κ3) is 15.4. The molecule has 0 rings (SSSR count). The second-order valence-corrected chi connectivity index (χ2v) is 4.21. The molecule has 0 atom stereocenters. The molecule has 0 aliphatic carbocycles. The van der Waals surface area contributed by atoms with E-state index in [-0.39, 0.29) is 0 Å². The van der Waals surface area contributed by atoms with Crippen LogP contribution < -0.4 is 0 Å². The zero-order chi connectivity index (χ0) is 13.3. The van der Waals surface area contributed by atoms with Gasteiger partial charge in [0.05, 0.1) is 0 Å². The Morgan fingerprint density at radius 1 is 0.667 bits per heavy atom. The van der Waals surface area contributed by atoms with Gasteiger partial charge in [-0.3, -0.25) is 0 Å². The maximum atomic E-state index is 5.30. The summed E-state index contributed by atoms with van der Waals surface area (Å²) in [5, 5.41) is 0. The smallest absolute Gasteiger partial charge is 0.0500 e. The average Bonchev–Trinajstić information content (AvgIpc) is 2.39. The van der Waals surface area contributed by atoms with Crippen molar-refractivity contribution in [1.82, 2.24) is 0 Å². The normalized spacial score (nSPS) is 11.9. The Balaban J connectivity index is 3.13. The van der Waals surface area contributed by atoms with Crippen molar-refractivity contribution in [1.29, 1.82) is 0 Å². The van der Waals surface area contributed by atoms with Gasteiger partial charge < -0.3 is 9.47 Å². The fourth-order valence-electron chi connectivity index (χ4n) is 1.59. The van der Waals surface area contributed by atoms with Crippen molar-refractivity contribution < 1.29 is 9.47 Å². The largest absolute Gasteiger partial charge is 0.382 e. The highest BCUT2D eigenvalue weighted by Gasteiger charge is 1.87. The molecule has 2 nitrogen and oxygen atoms in total. The van der Waals surface area contributed by atoms with Crippen LogP contribution in [0.2, 0.25) is 0 Å². The highest BCUT2D eigenvalue weighted by molar-refractivity contribution is 4.92. The number of unbranched alkanes of at least 4 members (excludes halogenated alkanes) is 3. The van der Waals surface area contributed by atoms with Gasteiger partial charge in [-0.05, 0) is 46.0 Å². The van der Waals surface area contributed by atoms with E-state index in [1.54, 1.807) is 0 Å². The summed E-state index contributed by atoms with van der Waals surface area (Å²) in [5.74, 6) is 0. The van der Waals surface area contributed by atoms with Gasteiger partial charge in [0, 0.05) is 26.4 Å². The van der Waals surface area contributed by atoms with Crippen molar-refractivity contribution in [3.05, 3.63) is 24.3 Å². The van der Waals surface area contributed by atoms with Crippen LogP contribution in [0.15, 0.2) is 24.3 Å². The Bertz CT molecular complexity index is 197. The molecule has 0 N–H and O–H groups in total. The third-order valence-electron chi connectivity index (χ3n) is 2.60. The first kappa shape index (κ1) is 17.4. The molecule has 0 aromatic heterocycles. The van der Waals surface area contributed by atoms with Gasteiger partial charge in [-0.25, -0.2) is 0 Å². The third-order valence-corrected chi connectivity index (χ3v) is 2.60. The van der Waals surface area contributed by atoms with Crippen LogP contribution in [-0.2, 0) is 9.47 Å². The van der Waals surface area contributed by atoms with E-state index in [2.05, 4.69) is 24.3 Å². The van der Waals surface area contributed by atoms with E-state index in [9.17, 15) is 0 Å². The number of allylic oxidation sites excluding steroid dienone is 3. The molecule has 0 aromatic carbocycles. The fraction of sp³-hybridized carbons (Fsp3) is 0.750. The molecule has 2 heteroatoms. The lowest BCUT2D eigenvalue weighted by Gasteiger charge is -1.99. The highest BCUT2D eigenvalue weighted by atomic mass is 16.5. The van der Waals surface area contributed by atoms with Crippen molar-refractivity contribution in [2.45, 2.75) is 52.4 Å². The zero-order valence-electron chi connectivity index (χ0n) is 12.2. The van der Waals surface area contributed by atoms with E-state index >= 15 is 0 Å². The lowest BCUT2D eigenvalue weighted by molar-refractivity contribution is 0.143. The van der Waals surface area contributed by atoms with Gasteiger partial charge in [-0.1, -0.05) is 30.7 Å². The van der Waals surface area contributed by atoms with E-state index < -0.39 is 0 Å². The topological polar surface area (TPSA) is 18.5 Å². The van der Waals surface area contributed by atoms with Crippen LogP contribution in [-0.4, -0.2) is 26.4 Å². The van der Waals surface area contributed by atoms with E-state index in [4.69, 9.17) is 9.47 Å². The molecule has 0 amide bonds. The molecule has 0 aliphatic heterocycles. The highest BCUT2D eigenvalue weighted by Crippen LogP contribution is 2.02. The first-order chi connectivity index (χ1) is 8.91. The van der Waals surface area contributed by atoms with Crippen LogP contribution >= 0.6 is 0 Å². The van der Waals surface area contributed by atoms with Crippen LogP contribution in [0.1, 0.15) is 52.4 Å². The molecule has 0 saturated heterocycles. The molecular weight excluding hydrogens is 224 g/mol. The van der Waals surface area contributed by atoms with Gasteiger partial charge in [-0.15, -0.1) is 0 Å². The number of ether oxygens (including phenoxy) is 2. The monoisotopic (exact) mass is 254 g/mol. The molecule has 0 bridgehead atoms. The fourth-order valence-corrected chi connectivity index (χ4v) is 1.59. The van der Waals surface area contributed by atoms with Crippen molar-refractivity contribution >= 4 is 0 Å². The van der Waals surface area contributed by atoms with Crippen LogP contribution in [0.3, 0.4) is 0 Å². The first-order valence-electron chi connectivity index (χ1n) is 7.37. The maximum absolute atomic E-state index is 5.30. The predicted molar refractivity (Wildman–Crippen MR) is 79.0 cm³/mol. The lowest BCUT2D eigenvalue weighted by atomic mass is 10.2. The Hall–Kier alpha value is -0.600. The zero-order valence-corrected chi connectivity index (χ0v) is 12.2. The summed E-state index contributed by atoms with van der Waals surface area (Å²) < 4.78 is 10.5. The molecule has 0 heterocycles. The minimum Gasteiger partial charge on any atom is -0.382 e. The van der Waals surface area contributed by atoms with Crippen LogP contribution in [0.5, 0.6) is 0 Å². The standard InChI is InChI=1S/C16H30O2/c1-3-17-15-13-11-9-7-5-6-8-10-12-14-16-18-4-2/h5-6,9,11H,3-4,7-8,10,12-16H2,1-2H3/b6-5-,11-9-. The predicted octanol–water partition coefficient (Wildman–Crippen LogP) is 4.51. The lowest BCUT2D eigenvalue weighted by Crippen LogP contribution is -1.92. The molecule has 0 radical (unpaired) electrons. The summed E-state index contributed by atoms with van der Waals surface area (Å²) in [5.41, 5.74) is 0. The van der Waals surface area contributed by atoms with E-state index in [0.29, 0.717) is 0 Å². The summed E-state index contributed by atoms with van der Waals surface area (Å²) >= 11 is 0. The minimum absolute atomic E-state index is 0.817. The maximum Gasteiger partial charge on any atom is 0.0500 e. The van der Waals surface area contributed by atoms with Gasteiger partial charge in [0.25, 0.3) is 0 Å². The quantitative estimate of drug-likeness (QED) is 0.355. The number of hydrogen-bond acceptors (Lipinski definition) is 2. The summed E-state index contributed by atoms with van der Waals surface area (Å²) in [4.78, 5) is 0. The van der Waals surface area contributed by atoms with Crippen LogP contribution in [0.25, 0.3) is 0 Å². The van der Waals surface area contributed by atoms with Crippen molar-refractivity contribution in [2.24, 2.45) is 0 Å². The average molecular weight is 254 g/mol. The molecule has 0 fully saturated rings. The van der Waals surface area contributed by atoms with E-state index in [0.717, 1.165) is 39.3 Å². The van der Waals surface area contributed by atoms with Crippen LogP contribution in [0, 0.1) is 0 Å². The molecule has 106 valence electrons. The second-order valence-electron chi connectivity index (χ2n) is 4.21. The Morgan fingerprint density at radius 3 is 2.06 bits per heavy atom. The second kappa shape index (κ2) is 16.4.